The molecule has 0 N–H and O–H groups in total. The van der Waals surface area contributed by atoms with Gasteiger partial charge in [0.05, 0.1) is 16.6 Å². The van der Waals surface area contributed by atoms with Gasteiger partial charge in [0, 0.05) is 17.6 Å². The minimum absolute atomic E-state index is 0.00551. The third-order valence-corrected chi connectivity index (χ3v) is 4.93. The highest BCUT2D eigenvalue weighted by Gasteiger charge is 2.33. The van der Waals surface area contributed by atoms with Gasteiger partial charge in [-0.25, -0.2) is 4.98 Å². The normalized spacial score (nSPS) is 18.5. The molecule has 1 fully saturated rings. The summed E-state index contributed by atoms with van der Waals surface area (Å²) in [6.45, 7) is 2.75. The molecule has 1 amide bonds. The van der Waals surface area contributed by atoms with E-state index in [-0.39, 0.29) is 11.9 Å². The van der Waals surface area contributed by atoms with Crippen molar-refractivity contribution in [3.63, 3.8) is 0 Å². The highest BCUT2D eigenvalue weighted by Crippen LogP contribution is 2.35. The average molecular weight is 307 g/mol. The molecule has 0 unspecified atom stereocenters. The van der Waals surface area contributed by atoms with E-state index in [4.69, 9.17) is 11.6 Å². The Hall–Kier alpha value is -1.39. The van der Waals surface area contributed by atoms with Crippen LogP contribution < -0.4 is 0 Å². The number of benzene rings is 1. The SMILES string of the molecule is Cc1csc([C@H]2CCCN2C(=O)c2ccccc2Cl)n1. The number of amides is 1. The van der Waals surface area contributed by atoms with Gasteiger partial charge in [0.15, 0.2) is 0 Å². The molecule has 1 aromatic carbocycles. The summed E-state index contributed by atoms with van der Waals surface area (Å²) in [5.74, 6) is 0.00551. The first-order valence-electron chi connectivity index (χ1n) is 6.64. The lowest BCUT2D eigenvalue weighted by Crippen LogP contribution is -2.30. The van der Waals surface area contributed by atoms with Crippen molar-refractivity contribution in [1.29, 1.82) is 0 Å². The minimum Gasteiger partial charge on any atom is -0.329 e. The molecule has 1 aliphatic rings. The fraction of sp³-hybridized carbons (Fsp3) is 0.333. The van der Waals surface area contributed by atoms with Crippen LogP contribution in [0.2, 0.25) is 5.02 Å². The maximum atomic E-state index is 12.7. The second-order valence-electron chi connectivity index (χ2n) is 4.96. The Morgan fingerprint density at radius 3 is 2.95 bits per heavy atom. The second kappa shape index (κ2) is 5.54. The topological polar surface area (TPSA) is 33.2 Å². The lowest BCUT2D eigenvalue weighted by atomic mass is 10.1. The number of thiazole rings is 1. The monoisotopic (exact) mass is 306 g/mol. The Kier molecular flexibility index (Phi) is 3.76. The third kappa shape index (κ3) is 2.45. The number of aryl methyl sites for hydroxylation is 1. The van der Waals surface area contributed by atoms with Crippen molar-refractivity contribution in [2.24, 2.45) is 0 Å². The lowest BCUT2D eigenvalue weighted by Gasteiger charge is -2.23. The molecule has 1 aromatic heterocycles. The van der Waals surface area contributed by atoms with Crippen LogP contribution >= 0.6 is 22.9 Å². The van der Waals surface area contributed by atoms with Gasteiger partial charge in [-0.2, -0.15) is 0 Å². The molecule has 1 atom stereocenters. The van der Waals surface area contributed by atoms with Crippen molar-refractivity contribution in [2.75, 3.05) is 6.54 Å². The molecule has 5 heteroatoms. The standard InChI is InChI=1S/C15H15ClN2OS/c1-10-9-20-14(17-10)13-7-4-8-18(13)15(19)11-5-2-3-6-12(11)16/h2-3,5-6,9,13H,4,7-8H2,1H3/t13-/m1/s1. The summed E-state index contributed by atoms with van der Waals surface area (Å²) >= 11 is 7.76. The molecule has 2 aromatic rings. The molecule has 0 aliphatic carbocycles. The van der Waals surface area contributed by atoms with E-state index in [0.717, 1.165) is 30.1 Å². The van der Waals surface area contributed by atoms with Gasteiger partial charge in [0.2, 0.25) is 0 Å². The van der Waals surface area contributed by atoms with Crippen molar-refractivity contribution >= 4 is 28.8 Å². The molecule has 104 valence electrons. The van der Waals surface area contributed by atoms with Crippen LogP contribution in [0.25, 0.3) is 0 Å². The molecule has 20 heavy (non-hydrogen) atoms. The maximum Gasteiger partial charge on any atom is 0.255 e. The summed E-state index contributed by atoms with van der Waals surface area (Å²) in [7, 11) is 0. The lowest BCUT2D eigenvalue weighted by molar-refractivity contribution is 0.0735. The summed E-state index contributed by atoms with van der Waals surface area (Å²) < 4.78 is 0. The minimum atomic E-state index is 0.00551. The molecule has 3 nitrogen and oxygen atoms in total. The first kappa shape index (κ1) is 13.6. The van der Waals surface area contributed by atoms with Gasteiger partial charge in [0.25, 0.3) is 5.91 Å². The molecule has 2 heterocycles. The highest BCUT2D eigenvalue weighted by molar-refractivity contribution is 7.09. The zero-order chi connectivity index (χ0) is 14.1. The first-order valence-corrected chi connectivity index (χ1v) is 7.90. The third-order valence-electron chi connectivity index (χ3n) is 3.54. The Morgan fingerprint density at radius 2 is 2.25 bits per heavy atom. The summed E-state index contributed by atoms with van der Waals surface area (Å²) in [5, 5.41) is 3.57. The Morgan fingerprint density at radius 1 is 1.45 bits per heavy atom. The summed E-state index contributed by atoms with van der Waals surface area (Å²) in [4.78, 5) is 19.1. The number of aromatic nitrogens is 1. The van der Waals surface area contributed by atoms with E-state index < -0.39 is 0 Å². The van der Waals surface area contributed by atoms with Crippen LogP contribution in [-0.2, 0) is 0 Å². The van der Waals surface area contributed by atoms with E-state index in [1.54, 1.807) is 23.5 Å². The van der Waals surface area contributed by atoms with Crippen molar-refractivity contribution in [3.8, 4) is 0 Å². The van der Waals surface area contributed by atoms with Crippen molar-refractivity contribution in [3.05, 3.63) is 50.9 Å². The molecule has 0 spiro atoms. The van der Waals surface area contributed by atoms with Gasteiger partial charge >= 0.3 is 0 Å². The van der Waals surface area contributed by atoms with Crippen LogP contribution in [0.1, 0.15) is 39.9 Å². The predicted molar refractivity (Wildman–Crippen MR) is 81.3 cm³/mol. The van der Waals surface area contributed by atoms with Crippen LogP contribution in [0.15, 0.2) is 29.6 Å². The smallest absolute Gasteiger partial charge is 0.255 e. The number of nitrogens with zero attached hydrogens (tertiary/aromatic N) is 2. The van der Waals surface area contributed by atoms with E-state index in [9.17, 15) is 4.79 Å². The van der Waals surface area contributed by atoms with Crippen LogP contribution in [0.5, 0.6) is 0 Å². The van der Waals surface area contributed by atoms with Crippen LogP contribution in [0, 0.1) is 6.92 Å². The number of hydrogen-bond acceptors (Lipinski definition) is 3. The highest BCUT2D eigenvalue weighted by atomic mass is 35.5. The molecular formula is C15H15ClN2OS. The van der Waals surface area contributed by atoms with E-state index in [1.165, 1.54) is 0 Å². The van der Waals surface area contributed by atoms with Gasteiger partial charge in [-0.1, -0.05) is 23.7 Å². The number of rotatable bonds is 2. The number of likely N-dealkylation sites (tertiary alicyclic amines) is 1. The molecule has 0 saturated carbocycles. The van der Waals surface area contributed by atoms with Crippen molar-refractivity contribution in [2.45, 2.75) is 25.8 Å². The number of carbonyl (C=O) groups excluding carboxylic acids is 1. The van der Waals surface area contributed by atoms with Gasteiger partial charge in [-0.15, -0.1) is 11.3 Å². The summed E-state index contributed by atoms with van der Waals surface area (Å²) in [6, 6.07) is 7.32. The maximum absolute atomic E-state index is 12.7. The molecule has 1 aliphatic heterocycles. The van der Waals surface area contributed by atoms with Crippen molar-refractivity contribution < 1.29 is 4.79 Å². The molecule has 1 saturated heterocycles. The summed E-state index contributed by atoms with van der Waals surface area (Å²) in [6.07, 6.45) is 1.99. The van der Waals surface area contributed by atoms with E-state index in [0.29, 0.717) is 10.6 Å². The Bertz CT molecular complexity index is 640. The fourth-order valence-electron chi connectivity index (χ4n) is 2.58. The largest absolute Gasteiger partial charge is 0.329 e. The zero-order valence-corrected chi connectivity index (χ0v) is 12.7. The summed E-state index contributed by atoms with van der Waals surface area (Å²) in [5.41, 5.74) is 1.59. The molecule has 3 rings (SSSR count). The Labute approximate surface area is 127 Å². The van der Waals surface area contributed by atoms with Gasteiger partial charge in [0.1, 0.15) is 5.01 Å². The molecular weight excluding hydrogens is 292 g/mol. The van der Waals surface area contributed by atoms with E-state index >= 15 is 0 Å². The van der Waals surface area contributed by atoms with E-state index in [2.05, 4.69) is 4.98 Å². The fourth-order valence-corrected chi connectivity index (χ4v) is 3.74. The van der Waals surface area contributed by atoms with Crippen molar-refractivity contribution in [1.82, 2.24) is 9.88 Å². The number of halogens is 1. The molecule has 0 radical (unpaired) electrons. The predicted octanol–water partition coefficient (Wildman–Crippen LogP) is 4.08. The number of hydrogen-bond donors (Lipinski definition) is 0. The van der Waals surface area contributed by atoms with Crippen LogP contribution in [-0.4, -0.2) is 22.3 Å². The zero-order valence-electron chi connectivity index (χ0n) is 11.2. The Balaban J connectivity index is 1.89. The quantitative estimate of drug-likeness (QED) is 0.837. The van der Waals surface area contributed by atoms with Gasteiger partial charge < -0.3 is 4.90 Å². The number of carbonyl (C=O) groups is 1. The second-order valence-corrected chi connectivity index (χ2v) is 6.26. The molecule has 0 bridgehead atoms. The first-order chi connectivity index (χ1) is 9.66. The van der Waals surface area contributed by atoms with Crippen LogP contribution in [0.4, 0.5) is 0 Å². The van der Waals surface area contributed by atoms with Gasteiger partial charge in [-0.05, 0) is 31.9 Å². The van der Waals surface area contributed by atoms with E-state index in [1.807, 2.05) is 29.3 Å². The average Bonchev–Trinajstić information content (AvgIpc) is 3.06. The van der Waals surface area contributed by atoms with Gasteiger partial charge in [-0.3, -0.25) is 4.79 Å². The van der Waals surface area contributed by atoms with Crippen LogP contribution in [0.3, 0.4) is 0 Å².